The Bertz CT molecular complexity index is 841. The van der Waals surface area contributed by atoms with Gasteiger partial charge in [-0.2, -0.15) is 0 Å². The van der Waals surface area contributed by atoms with Crippen LogP contribution in [0.5, 0.6) is 0 Å². The van der Waals surface area contributed by atoms with Gasteiger partial charge < -0.3 is 9.47 Å². The summed E-state index contributed by atoms with van der Waals surface area (Å²) in [7, 11) is 1.97. The van der Waals surface area contributed by atoms with Gasteiger partial charge in [-0.25, -0.2) is 0 Å². The number of benzene rings is 1. The number of hydrogen-bond acceptors (Lipinski definition) is 5. The minimum absolute atomic E-state index is 0.194. The topological polar surface area (TPSA) is 54.3 Å². The summed E-state index contributed by atoms with van der Waals surface area (Å²) in [5, 5.41) is 9.85. The highest BCUT2D eigenvalue weighted by atomic mass is 32.2. The molecule has 0 atom stereocenters. The molecule has 168 valence electrons. The molecule has 0 N–H and O–H groups in total. The number of thioether (sulfide) groups is 1. The van der Waals surface area contributed by atoms with Crippen molar-refractivity contribution in [1.82, 2.24) is 24.6 Å². The summed E-state index contributed by atoms with van der Waals surface area (Å²) >= 11 is 1.53. The van der Waals surface area contributed by atoms with E-state index in [0.717, 1.165) is 55.9 Å². The molecular formula is C24H35N5OS. The van der Waals surface area contributed by atoms with Crippen molar-refractivity contribution < 1.29 is 4.79 Å². The summed E-state index contributed by atoms with van der Waals surface area (Å²) in [6, 6.07) is 10.8. The minimum Gasteiger partial charge on any atom is -0.342 e. The number of amides is 1. The van der Waals surface area contributed by atoms with Crippen LogP contribution in [0.1, 0.15) is 56.8 Å². The van der Waals surface area contributed by atoms with Crippen LogP contribution in [-0.4, -0.2) is 62.4 Å². The molecule has 31 heavy (non-hydrogen) atoms. The van der Waals surface area contributed by atoms with Crippen molar-refractivity contribution in [1.29, 1.82) is 0 Å². The lowest BCUT2D eigenvalue weighted by molar-refractivity contribution is -0.129. The van der Waals surface area contributed by atoms with Crippen molar-refractivity contribution in [3.8, 4) is 0 Å². The van der Waals surface area contributed by atoms with Crippen LogP contribution in [0.2, 0.25) is 0 Å². The fourth-order valence-corrected chi connectivity index (χ4v) is 5.55. The lowest BCUT2D eigenvalue weighted by atomic mass is 9.87. The molecule has 2 aliphatic rings. The predicted octanol–water partition coefficient (Wildman–Crippen LogP) is 4.05. The van der Waals surface area contributed by atoms with E-state index in [9.17, 15) is 4.79 Å². The molecule has 0 bridgehead atoms. The quantitative estimate of drug-likeness (QED) is 0.579. The van der Waals surface area contributed by atoms with Gasteiger partial charge in [0.05, 0.1) is 18.8 Å². The largest absolute Gasteiger partial charge is 0.342 e. The van der Waals surface area contributed by atoms with Crippen LogP contribution in [0.3, 0.4) is 0 Å². The highest BCUT2D eigenvalue weighted by molar-refractivity contribution is 7.99. The minimum atomic E-state index is 0.194. The molecule has 1 aromatic carbocycles. The Labute approximate surface area is 190 Å². The predicted molar refractivity (Wildman–Crippen MR) is 125 cm³/mol. The van der Waals surface area contributed by atoms with E-state index in [2.05, 4.69) is 50.9 Å². The number of carbonyl (C=O) groups excluding carboxylic acids is 1. The third kappa shape index (κ3) is 5.89. The van der Waals surface area contributed by atoms with E-state index in [1.807, 2.05) is 18.0 Å². The molecule has 1 amide bonds. The number of carbonyl (C=O) groups is 1. The molecule has 0 unspecified atom stereocenters. The molecule has 4 rings (SSSR count). The molecule has 7 heteroatoms. The molecular weight excluding hydrogens is 406 g/mol. The van der Waals surface area contributed by atoms with Crippen molar-refractivity contribution >= 4 is 17.7 Å². The van der Waals surface area contributed by atoms with Crippen LogP contribution in [0.4, 0.5) is 0 Å². The first kappa shape index (κ1) is 22.3. The van der Waals surface area contributed by atoms with E-state index in [4.69, 9.17) is 0 Å². The molecule has 1 saturated heterocycles. The highest BCUT2D eigenvalue weighted by Crippen LogP contribution is 2.27. The van der Waals surface area contributed by atoms with Crippen LogP contribution >= 0.6 is 11.8 Å². The van der Waals surface area contributed by atoms with Gasteiger partial charge in [-0.15, -0.1) is 10.2 Å². The maximum Gasteiger partial charge on any atom is 0.233 e. The Morgan fingerprint density at radius 3 is 2.48 bits per heavy atom. The third-order valence-corrected chi connectivity index (χ3v) is 7.74. The van der Waals surface area contributed by atoms with Crippen LogP contribution in [0.25, 0.3) is 0 Å². The van der Waals surface area contributed by atoms with Crippen LogP contribution in [0.15, 0.2) is 35.5 Å². The summed E-state index contributed by atoms with van der Waals surface area (Å²) in [6.07, 6.45) is 7.21. The van der Waals surface area contributed by atoms with Gasteiger partial charge in [-0.1, -0.05) is 49.0 Å². The Balaban J connectivity index is 1.42. The lowest BCUT2D eigenvalue weighted by Gasteiger charge is -2.33. The zero-order chi connectivity index (χ0) is 21.6. The Hall–Kier alpha value is -1.86. The molecule has 2 fully saturated rings. The Morgan fingerprint density at radius 2 is 1.77 bits per heavy atom. The van der Waals surface area contributed by atoms with Crippen LogP contribution in [-0.2, 0) is 17.9 Å². The average Bonchev–Trinajstić information content (AvgIpc) is 3.44. The van der Waals surface area contributed by atoms with Gasteiger partial charge in [-0.3, -0.25) is 9.69 Å². The fourth-order valence-electron chi connectivity index (χ4n) is 4.67. The maximum atomic E-state index is 12.9. The second kappa shape index (κ2) is 10.6. The summed E-state index contributed by atoms with van der Waals surface area (Å²) in [5.74, 6) is 2.40. The van der Waals surface area contributed by atoms with Gasteiger partial charge in [0.25, 0.3) is 0 Å². The zero-order valence-corrected chi connectivity index (χ0v) is 19.7. The van der Waals surface area contributed by atoms with Gasteiger partial charge in [0, 0.05) is 13.1 Å². The average molecular weight is 442 g/mol. The van der Waals surface area contributed by atoms with E-state index < -0.39 is 0 Å². The zero-order valence-electron chi connectivity index (χ0n) is 18.9. The first-order chi connectivity index (χ1) is 15.1. The van der Waals surface area contributed by atoms with Gasteiger partial charge in [0.15, 0.2) is 5.16 Å². The van der Waals surface area contributed by atoms with Crippen molar-refractivity contribution in [3.63, 3.8) is 0 Å². The summed E-state index contributed by atoms with van der Waals surface area (Å²) < 4.78 is 2.20. The molecule has 2 aromatic rings. The number of likely N-dealkylation sites (tertiary alicyclic amines) is 1. The molecule has 6 nitrogen and oxygen atoms in total. The van der Waals surface area contributed by atoms with Crippen LogP contribution < -0.4 is 0 Å². The van der Waals surface area contributed by atoms with Crippen molar-refractivity contribution in [2.45, 2.75) is 69.7 Å². The standard InChI is InChI=1S/C24H35N5OS/c1-19-10-12-21(13-11-19)27(2)23(30)18-31-24-26-25-22(17-28-14-6-7-15-28)29(24)16-20-8-4-3-5-9-20/h3-5,8-9,19,21H,6-7,10-18H2,1-2H3. The Morgan fingerprint density at radius 1 is 1.06 bits per heavy atom. The normalized spacial score (nSPS) is 22.0. The molecule has 1 saturated carbocycles. The molecule has 2 heterocycles. The Kier molecular flexibility index (Phi) is 7.67. The summed E-state index contributed by atoms with van der Waals surface area (Å²) in [5.41, 5.74) is 1.23. The van der Waals surface area contributed by atoms with Crippen molar-refractivity contribution in [2.75, 3.05) is 25.9 Å². The SMILES string of the molecule is CC1CCC(N(C)C(=O)CSc2nnc(CN3CCCC3)n2Cc2ccccc2)CC1. The number of nitrogens with zero attached hydrogens (tertiary/aromatic N) is 5. The van der Waals surface area contributed by atoms with Crippen molar-refractivity contribution in [2.24, 2.45) is 5.92 Å². The number of hydrogen-bond donors (Lipinski definition) is 0. The fraction of sp³-hybridized carbons (Fsp3) is 0.625. The first-order valence-electron chi connectivity index (χ1n) is 11.7. The van der Waals surface area contributed by atoms with Gasteiger partial charge in [0.1, 0.15) is 5.82 Å². The monoisotopic (exact) mass is 441 g/mol. The van der Waals surface area contributed by atoms with Gasteiger partial charge in [0.2, 0.25) is 5.91 Å². The first-order valence-corrected chi connectivity index (χ1v) is 12.7. The molecule has 0 radical (unpaired) electrons. The van der Waals surface area contributed by atoms with E-state index in [1.54, 1.807) is 0 Å². The van der Waals surface area contributed by atoms with Gasteiger partial charge in [-0.05, 0) is 63.1 Å². The van der Waals surface area contributed by atoms with Crippen molar-refractivity contribution in [3.05, 3.63) is 41.7 Å². The third-order valence-electron chi connectivity index (χ3n) is 6.79. The second-order valence-electron chi connectivity index (χ2n) is 9.16. The van der Waals surface area contributed by atoms with E-state index in [-0.39, 0.29) is 5.91 Å². The highest BCUT2D eigenvalue weighted by Gasteiger charge is 2.25. The maximum absolute atomic E-state index is 12.9. The molecule has 1 aromatic heterocycles. The smallest absolute Gasteiger partial charge is 0.233 e. The molecule has 0 spiro atoms. The molecule has 1 aliphatic heterocycles. The van der Waals surface area contributed by atoms with Crippen LogP contribution in [0, 0.1) is 5.92 Å². The lowest BCUT2D eigenvalue weighted by Crippen LogP contribution is -2.40. The van der Waals surface area contributed by atoms with E-state index in [0.29, 0.717) is 11.8 Å². The van der Waals surface area contributed by atoms with E-state index in [1.165, 1.54) is 43.0 Å². The van der Waals surface area contributed by atoms with Gasteiger partial charge >= 0.3 is 0 Å². The molecule has 1 aliphatic carbocycles. The van der Waals surface area contributed by atoms with E-state index >= 15 is 0 Å². The number of rotatable bonds is 8. The summed E-state index contributed by atoms with van der Waals surface area (Å²) in [4.78, 5) is 17.3. The second-order valence-corrected chi connectivity index (χ2v) is 10.1. The summed E-state index contributed by atoms with van der Waals surface area (Å²) in [6.45, 7) is 6.14. The number of aromatic nitrogens is 3.